The molecule has 0 saturated heterocycles. The van der Waals surface area contributed by atoms with Crippen molar-refractivity contribution in [3.05, 3.63) is 122 Å². The fourth-order valence-corrected chi connectivity index (χ4v) is 5.71. The molecule has 6 aromatic rings. The number of hydrogen-bond acceptors (Lipinski definition) is 6. The van der Waals surface area contributed by atoms with Gasteiger partial charge in [0.15, 0.2) is 5.82 Å². The molecular weight excluding hydrogens is 565 g/mol. The van der Waals surface area contributed by atoms with Gasteiger partial charge in [-0.25, -0.2) is 4.68 Å². The molecule has 40 heavy (non-hydrogen) atoms. The van der Waals surface area contributed by atoms with Gasteiger partial charge < -0.3 is 4.74 Å². The summed E-state index contributed by atoms with van der Waals surface area (Å²) in [4.78, 5) is 18.4. The summed E-state index contributed by atoms with van der Waals surface area (Å²) >= 11 is 13.6. The summed E-state index contributed by atoms with van der Waals surface area (Å²) in [7, 11) is 0. The number of fused-ring (bicyclic) bond motifs is 1. The predicted molar refractivity (Wildman–Crippen MR) is 161 cm³/mol. The van der Waals surface area contributed by atoms with E-state index >= 15 is 0 Å². The third-order valence-electron chi connectivity index (χ3n) is 6.22. The molecule has 3 aromatic heterocycles. The van der Waals surface area contributed by atoms with Crippen LogP contribution in [-0.4, -0.2) is 31.0 Å². The molecule has 198 valence electrons. The van der Waals surface area contributed by atoms with Gasteiger partial charge in [-0.1, -0.05) is 65.4 Å². The molecule has 0 aliphatic rings. The summed E-state index contributed by atoms with van der Waals surface area (Å²) in [5.41, 5.74) is 4.68. The van der Waals surface area contributed by atoms with Crippen LogP contribution >= 0.6 is 34.5 Å². The van der Waals surface area contributed by atoms with Gasteiger partial charge in [-0.2, -0.15) is 14.6 Å². The van der Waals surface area contributed by atoms with Crippen molar-refractivity contribution in [1.82, 2.24) is 24.4 Å². The number of nitrogens with zero attached hydrogens (tertiary/aromatic N) is 5. The molecule has 0 N–H and O–H groups in total. The molecule has 6 rings (SSSR count). The first kappa shape index (κ1) is 26.0. The lowest BCUT2D eigenvalue weighted by atomic mass is 10.0. The Morgan fingerprint density at radius 1 is 1.02 bits per heavy atom. The molecule has 0 saturated carbocycles. The molecule has 0 aliphatic carbocycles. The van der Waals surface area contributed by atoms with E-state index in [1.54, 1.807) is 24.3 Å². The number of ether oxygens (including phenoxy) is 1. The van der Waals surface area contributed by atoms with E-state index < -0.39 is 0 Å². The SMILES string of the molecule is C=CCOc1ccc(-c2nn(-c3ccccc3)cc2/C=c2\sc3nc(-c4ccc(Cl)cc4Cl)nn3c2=O)c(C)c1. The molecule has 3 heterocycles. The molecule has 7 nitrogen and oxygen atoms in total. The normalized spacial score (nSPS) is 11.8. The van der Waals surface area contributed by atoms with E-state index in [1.807, 2.05) is 72.4 Å². The molecular formula is C30H21Cl2N5O2S. The lowest BCUT2D eigenvalue weighted by Crippen LogP contribution is -2.23. The lowest BCUT2D eigenvalue weighted by molar-refractivity contribution is 0.363. The molecule has 0 aliphatic heterocycles. The largest absolute Gasteiger partial charge is 0.490 e. The van der Waals surface area contributed by atoms with Gasteiger partial charge in [0.1, 0.15) is 18.1 Å². The first-order valence-electron chi connectivity index (χ1n) is 12.3. The highest BCUT2D eigenvalue weighted by atomic mass is 35.5. The maximum Gasteiger partial charge on any atom is 0.291 e. The fraction of sp³-hybridized carbons (Fsp3) is 0.0667. The van der Waals surface area contributed by atoms with Gasteiger partial charge >= 0.3 is 0 Å². The molecule has 0 spiro atoms. The summed E-state index contributed by atoms with van der Waals surface area (Å²) < 4.78 is 9.30. The quantitative estimate of drug-likeness (QED) is 0.203. The van der Waals surface area contributed by atoms with E-state index in [0.717, 1.165) is 33.8 Å². The number of hydrogen-bond donors (Lipinski definition) is 0. The van der Waals surface area contributed by atoms with Crippen LogP contribution in [0, 0.1) is 6.92 Å². The predicted octanol–water partition coefficient (Wildman–Crippen LogP) is 6.40. The highest BCUT2D eigenvalue weighted by Crippen LogP contribution is 2.31. The molecule has 0 radical (unpaired) electrons. The highest BCUT2D eigenvalue weighted by molar-refractivity contribution is 7.15. The van der Waals surface area contributed by atoms with Gasteiger partial charge in [-0.05, 0) is 67.1 Å². The number of aromatic nitrogens is 5. The van der Waals surface area contributed by atoms with Crippen LogP contribution in [0.4, 0.5) is 0 Å². The van der Waals surface area contributed by atoms with E-state index in [2.05, 4.69) is 16.7 Å². The van der Waals surface area contributed by atoms with Crippen LogP contribution in [0.25, 0.3) is 39.4 Å². The monoisotopic (exact) mass is 585 g/mol. The molecule has 0 fully saturated rings. The van der Waals surface area contributed by atoms with Gasteiger partial charge in [0, 0.05) is 27.9 Å². The van der Waals surface area contributed by atoms with Crippen molar-refractivity contribution < 1.29 is 4.74 Å². The zero-order valence-electron chi connectivity index (χ0n) is 21.2. The second-order valence-corrected chi connectivity index (χ2v) is 10.8. The zero-order valence-corrected chi connectivity index (χ0v) is 23.5. The summed E-state index contributed by atoms with van der Waals surface area (Å²) in [6.45, 7) is 6.14. The third kappa shape index (κ3) is 4.93. The van der Waals surface area contributed by atoms with Crippen molar-refractivity contribution >= 4 is 45.6 Å². The smallest absolute Gasteiger partial charge is 0.291 e. The Kier molecular flexibility index (Phi) is 6.98. The number of thiazole rings is 1. The minimum absolute atomic E-state index is 0.271. The fourth-order valence-electron chi connectivity index (χ4n) is 4.32. The summed E-state index contributed by atoms with van der Waals surface area (Å²) in [6, 6.07) is 20.7. The minimum Gasteiger partial charge on any atom is -0.490 e. The van der Waals surface area contributed by atoms with Crippen molar-refractivity contribution in [1.29, 1.82) is 0 Å². The standard InChI is InChI=1S/C30H21Cl2N5O2S/c1-3-13-39-22-10-12-23(18(2)14-22)27-19(17-36(34-27)21-7-5-4-6-8-21)15-26-29(38)37-30(40-26)33-28(35-37)24-11-9-20(31)16-25(24)32/h3-12,14-17H,1,13H2,2H3/b26-15-. The van der Waals surface area contributed by atoms with E-state index in [9.17, 15) is 4.79 Å². The maximum atomic E-state index is 13.4. The van der Waals surface area contributed by atoms with Gasteiger partial charge in [-0.15, -0.1) is 5.10 Å². The van der Waals surface area contributed by atoms with E-state index in [1.165, 1.54) is 15.9 Å². The van der Waals surface area contributed by atoms with E-state index in [4.69, 9.17) is 33.0 Å². The van der Waals surface area contributed by atoms with E-state index in [-0.39, 0.29) is 5.56 Å². The van der Waals surface area contributed by atoms with Crippen LogP contribution in [0.1, 0.15) is 11.1 Å². The molecule has 0 atom stereocenters. The maximum absolute atomic E-state index is 13.4. The Bertz CT molecular complexity index is 2000. The Hall–Kier alpha value is -4.24. The average molecular weight is 587 g/mol. The van der Waals surface area contributed by atoms with Gasteiger partial charge in [0.2, 0.25) is 4.96 Å². The summed E-state index contributed by atoms with van der Waals surface area (Å²) in [5.74, 6) is 1.11. The lowest BCUT2D eigenvalue weighted by Gasteiger charge is -2.08. The van der Waals surface area contributed by atoms with Crippen molar-refractivity contribution in [2.75, 3.05) is 6.61 Å². The van der Waals surface area contributed by atoms with Crippen LogP contribution in [-0.2, 0) is 0 Å². The van der Waals surface area contributed by atoms with Gasteiger partial charge in [-0.3, -0.25) is 4.79 Å². The van der Waals surface area contributed by atoms with Crippen LogP contribution in [0.15, 0.2) is 90.4 Å². The van der Waals surface area contributed by atoms with Gasteiger partial charge in [0.05, 0.1) is 15.2 Å². The minimum atomic E-state index is -0.271. The van der Waals surface area contributed by atoms with Crippen molar-refractivity contribution in [2.24, 2.45) is 0 Å². The molecule has 3 aromatic carbocycles. The number of aryl methyl sites for hydroxylation is 1. The second-order valence-electron chi connectivity index (χ2n) is 8.96. The Morgan fingerprint density at radius 3 is 2.55 bits per heavy atom. The first-order valence-corrected chi connectivity index (χ1v) is 13.8. The number of halogens is 2. The number of rotatable bonds is 7. The van der Waals surface area contributed by atoms with Crippen molar-refractivity contribution in [3.63, 3.8) is 0 Å². The topological polar surface area (TPSA) is 74.3 Å². The Balaban J connectivity index is 1.47. The van der Waals surface area contributed by atoms with Gasteiger partial charge in [0.25, 0.3) is 5.56 Å². The molecule has 0 amide bonds. The first-order chi connectivity index (χ1) is 19.4. The zero-order chi connectivity index (χ0) is 27.8. The van der Waals surface area contributed by atoms with E-state index in [0.29, 0.717) is 37.5 Å². The van der Waals surface area contributed by atoms with Crippen LogP contribution in [0.5, 0.6) is 5.75 Å². The van der Waals surface area contributed by atoms with Crippen molar-refractivity contribution in [3.8, 4) is 34.1 Å². The summed E-state index contributed by atoms with van der Waals surface area (Å²) in [5, 5.41) is 10.3. The number of benzene rings is 3. The van der Waals surface area contributed by atoms with Crippen LogP contribution in [0.3, 0.4) is 0 Å². The Morgan fingerprint density at radius 2 is 1.82 bits per heavy atom. The third-order valence-corrected chi connectivity index (χ3v) is 7.73. The number of para-hydroxylation sites is 1. The molecule has 0 unspecified atom stereocenters. The average Bonchev–Trinajstić information content (AvgIpc) is 3.63. The van der Waals surface area contributed by atoms with Crippen molar-refractivity contribution in [2.45, 2.75) is 6.92 Å². The van der Waals surface area contributed by atoms with Crippen LogP contribution < -0.4 is 14.8 Å². The molecule has 10 heteroatoms. The Labute approximate surface area is 243 Å². The molecule has 0 bridgehead atoms. The highest BCUT2D eigenvalue weighted by Gasteiger charge is 2.17. The second kappa shape index (κ2) is 10.7. The summed E-state index contributed by atoms with van der Waals surface area (Å²) in [6.07, 6.45) is 5.46. The van der Waals surface area contributed by atoms with Crippen LogP contribution in [0.2, 0.25) is 10.0 Å².